The molecule has 3 nitrogen and oxygen atoms in total. The Morgan fingerprint density at radius 2 is 1.92 bits per heavy atom. The summed E-state index contributed by atoms with van der Waals surface area (Å²) in [6.45, 7) is 6.87. The highest BCUT2D eigenvalue weighted by molar-refractivity contribution is 8.18. The molecule has 0 bridgehead atoms. The van der Waals surface area contributed by atoms with E-state index in [9.17, 15) is 4.79 Å². The topological polar surface area (TPSA) is 32.7 Å². The van der Waals surface area contributed by atoms with Crippen molar-refractivity contribution in [2.45, 2.75) is 20.8 Å². The number of nitrogens with zero attached hydrogens (tertiary/aromatic N) is 2. The molecule has 5 heteroatoms. The summed E-state index contributed by atoms with van der Waals surface area (Å²) in [5.41, 5.74) is 2.96. The van der Waals surface area contributed by atoms with Crippen LogP contribution in [0.2, 0.25) is 5.02 Å². The molecule has 0 aliphatic carbocycles. The van der Waals surface area contributed by atoms with Crippen LogP contribution in [0.5, 0.6) is 0 Å². The number of hydrogen-bond donors (Lipinski definition) is 0. The van der Waals surface area contributed by atoms with Gasteiger partial charge in [-0.2, -0.15) is 0 Å². The third kappa shape index (κ3) is 4.57. The molecule has 0 saturated carbocycles. The van der Waals surface area contributed by atoms with Gasteiger partial charge in [-0.15, -0.1) is 0 Å². The molecule has 1 aliphatic heterocycles. The van der Waals surface area contributed by atoms with Gasteiger partial charge in [-0.05, 0) is 54.4 Å². The first-order chi connectivity index (χ1) is 12.4. The van der Waals surface area contributed by atoms with Gasteiger partial charge in [-0.25, -0.2) is 4.99 Å². The molecule has 134 valence electrons. The maximum absolute atomic E-state index is 12.9. The summed E-state index contributed by atoms with van der Waals surface area (Å²) >= 11 is 7.47. The fourth-order valence-corrected chi connectivity index (χ4v) is 3.78. The monoisotopic (exact) mass is 384 g/mol. The predicted molar refractivity (Wildman–Crippen MR) is 112 cm³/mol. The molecule has 1 heterocycles. The van der Waals surface area contributed by atoms with Crippen LogP contribution in [0.25, 0.3) is 6.08 Å². The van der Waals surface area contributed by atoms with Crippen LogP contribution in [0, 0.1) is 12.8 Å². The van der Waals surface area contributed by atoms with Gasteiger partial charge in [0.05, 0.1) is 10.6 Å². The molecule has 26 heavy (non-hydrogen) atoms. The molecule has 1 aliphatic rings. The average molecular weight is 385 g/mol. The van der Waals surface area contributed by atoms with Crippen molar-refractivity contribution >= 4 is 46.2 Å². The number of halogens is 1. The van der Waals surface area contributed by atoms with E-state index >= 15 is 0 Å². The Morgan fingerprint density at radius 1 is 1.19 bits per heavy atom. The van der Waals surface area contributed by atoms with Gasteiger partial charge in [0.2, 0.25) is 0 Å². The van der Waals surface area contributed by atoms with Crippen molar-refractivity contribution < 1.29 is 4.79 Å². The van der Waals surface area contributed by atoms with Crippen LogP contribution in [0.3, 0.4) is 0 Å². The molecule has 0 unspecified atom stereocenters. The van der Waals surface area contributed by atoms with Crippen LogP contribution in [0.15, 0.2) is 58.4 Å². The van der Waals surface area contributed by atoms with E-state index in [1.165, 1.54) is 17.3 Å². The van der Waals surface area contributed by atoms with Crippen LogP contribution >= 0.6 is 23.4 Å². The van der Waals surface area contributed by atoms with Gasteiger partial charge in [0.1, 0.15) is 0 Å². The van der Waals surface area contributed by atoms with Crippen molar-refractivity contribution in [3.05, 3.63) is 69.6 Å². The highest BCUT2D eigenvalue weighted by atomic mass is 35.5. The maximum Gasteiger partial charge on any atom is 0.266 e. The number of benzene rings is 2. The molecule has 0 atom stereocenters. The summed E-state index contributed by atoms with van der Waals surface area (Å²) < 4.78 is 0. The molecule has 1 amide bonds. The smallest absolute Gasteiger partial charge is 0.266 e. The van der Waals surface area contributed by atoms with Gasteiger partial charge in [-0.1, -0.05) is 61.3 Å². The summed E-state index contributed by atoms with van der Waals surface area (Å²) in [6, 6.07) is 15.5. The molecular weight excluding hydrogens is 364 g/mol. The molecule has 0 radical (unpaired) electrons. The van der Waals surface area contributed by atoms with Gasteiger partial charge >= 0.3 is 0 Å². The van der Waals surface area contributed by atoms with Crippen molar-refractivity contribution in [3.8, 4) is 0 Å². The van der Waals surface area contributed by atoms with E-state index in [4.69, 9.17) is 11.6 Å². The molecular formula is C21H21ClN2OS. The van der Waals surface area contributed by atoms with Crippen molar-refractivity contribution in [2.75, 3.05) is 6.54 Å². The highest BCUT2D eigenvalue weighted by Gasteiger charge is 2.33. The zero-order chi connectivity index (χ0) is 18.7. The minimum atomic E-state index is 0.00468. The largest absolute Gasteiger partial charge is 0.286 e. The van der Waals surface area contributed by atoms with E-state index in [0.717, 1.165) is 11.3 Å². The van der Waals surface area contributed by atoms with Crippen LogP contribution in [0.4, 0.5) is 5.69 Å². The van der Waals surface area contributed by atoms with E-state index in [1.807, 2.05) is 55.5 Å². The fraction of sp³-hybridized carbons (Fsp3) is 0.238. The number of aryl methyl sites for hydroxylation is 1. The lowest BCUT2D eigenvalue weighted by atomic mass is 10.1. The lowest BCUT2D eigenvalue weighted by molar-refractivity contribution is -0.122. The summed E-state index contributed by atoms with van der Waals surface area (Å²) in [6.07, 6.45) is 1.93. The van der Waals surface area contributed by atoms with Crippen molar-refractivity contribution in [3.63, 3.8) is 0 Å². The van der Waals surface area contributed by atoms with E-state index in [1.54, 1.807) is 11.0 Å². The average Bonchev–Trinajstić information content (AvgIpc) is 2.85. The molecule has 1 saturated heterocycles. The lowest BCUT2D eigenvalue weighted by Crippen LogP contribution is -2.32. The molecule has 0 N–H and O–H groups in total. The van der Waals surface area contributed by atoms with E-state index in [2.05, 4.69) is 18.8 Å². The zero-order valence-corrected chi connectivity index (χ0v) is 16.6. The van der Waals surface area contributed by atoms with Gasteiger partial charge < -0.3 is 0 Å². The van der Waals surface area contributed by atoms with Crippen molar-refractivity contribution in [2.24, 2.45) is 10.9 Å². The second-order valence-corrected chi connectivity index (χ2v) is 8.15. The first kappa shape index (κ1) is 18.7. The van der Waals surface area contributed by atoms with Crippen LogP contribution in [0.1, 0.15) is 25.0 Å². The Balaban J connectivity index is 1.95. The molecule has 2 aromatic rings. The van der Waals surface area contributed by atoms with Crippen LogP contribution < -0.4 is 0 Å². The second-order valence-electron chi connectivity index (χ2n) is 6.71. The quantitative estimate of drug-likeness (QED) is 0.614. The summed E-state index contributed by atoms with van der Waals surface area (Å²) in [5, 5.41) is 1.33. The lowest BCUT2D eigenvalue weighted by Gasteiger charge is -2.17. The third-order valence-corrected chi connectivity index (χ3v) is 5.09. The van der Waals surface area contributed by atoms with E-state index < -0.39 is 0 Å². The molecule has 1 fully saturated rings. The number of thioether (sulfide) groups is 1. The number of rotatable bonds is 4. The number of aliphatic imine (C=N–C) groups is 1. The van der Waals surface area contributed by atoms with Gasteiger partial charge in [-0.3, -0.25) is 9.69 Å². The molecule has 0 aromatic heterocycles. The van der Waals surface area contributed by atoms with Gasteiger partial charge in [0.15, 0.2) is 5.17 Å². The third-order valence-electron chi connectivity index (χ3n) is 3.84. The van der Waals surface area contributed by atoms with Crippen molar-refractivity contribution in [1.29, 1.82) is 0 Å². The Bertz CT molecular complexity index is 872. The molecule has 3 rings (SSSR count). The zero-order valence-electron chi connectivity index (χ0n) is 15.1. The number of carbonyl (C=O) groups excluding carboxylic acids is 1. The summed E-state index contributed by atoms with van der Waals surface area (Å²) in [7, 11) is 0. The number of amidine groups is 1. The maximum atomic E-state index is 12.9. The van der Waals surface area contributed by atoms with Crippen LogP contribution in [-0.2, 0) is 4.79 Å². The first-order valence-electron chi connectivity index (χ1n) is 8.55. The Kier molecular flexibility index (Phi) is 5.84. The Hall–Kier alpha value is -2.04. The highest BCUT2D eigenvalue weighted by Crippen LogP contribution is 2.35. The first-order valence-corrected chi connectivity index (χ1v) is 9.74. The molecule has 2 aromatic carbocycles. The SMILES string of the molecule is Cc1ccc(/C=C2/SC(=Nc3cccc(Cl)c3)N(CC(C)C)C2=O)cc1. The summed E-state index contributed by atoms with van der Waals surface area (Å²) in [4.78, 5) is 20.0. The van der Waals surface area contributed by atoms with Gasteiger partial charge in [0, 0.05) is 11.6 Å². The van der Waals surface area contributed by atoms with Gasteiger partial charge in [0.25, 0.3) is 5.91 Å². The van der Waals surface area contributed by atoms with Crippen molar-refractivity contribution in [1.82, 2.24) is 4.90 Å². The van der Waals surface area contributed by atoms with E-state index in [-0.39, 0.29) is 5.91 Å². The Labute approximate surface area is 163 Å². The molecule has 0 spiro atoms. The number of amides is 1. The normalized spacial score (nSPS) is 17.7. The van der Waals surface area contributed by atoms with E-state index in [0.29, 0.717) is 27.6 Å². The number of carbonyl (C=O) groups is 1. The second kappa shape index (κ2) is 8.11. The standard InChI is InChI=1S/C21H21ClN2OS/c1-14(2)13-24-20(25)19(11-16-9-7-15(3)8-10-16)26-21(24)23-18-6-4-5-17(22)12-18/h4-12,14H,13H2,1-3H3/b19-11+,23-21?. The minimum Gasteiger partial charge on any atom is -0.286 e. The van der Waals surface area contributed by atoms with Crippen LogP contribution in [-0.4, -0.2) is 22.5 Å². The minimum absolute atomic E-state index is 0.00468. The predicted octanol–water partition coefficient (Wildman–Crippen LogP) is 5.91. The fourth-order valence-electron chi connectivity index (χ4n) is 2.59. The number of hydrogen-bond acceptors (Lipinski definition) is 3. The summed E-state index contributed by atoms with van der Waals surface area (Å²) in [5.74, 6) is 0.355. The Morgan fingerprint density at radius 3 is 2.58 bits per heavy atom.